The Bertz CT molecular complexity index is 1260. The normalized spacial score (nSPS) is 12.0. The fourth-order valence-electron chi connectivity index (χ4n) is 3.76. The van der Waals surface area contributed by atoms with E-state index in [4.69, 9.17) is 9.47 Å². The molecule has 0 aliphatic rings. The molecule has 0 saturated heterocycles. The van der Waals surface area contributed by atoms with E-state index in [1.807, 2.05) is 0 Å². The number of carbonyl (C=O) groups is 2. The molecule has 7 heteroatoms. The highest BCUT2D eigenvalue weighted by molar-refractivity contribution is 6.00. The van der Waals surface area contributed by atoms with Crippen LogP contribution < -0.4 is 4.74 Å². The van der Waals surface area contributed by atoms with Crippen LogP contribution in [-0.4, -0.2) is 22.2 Å². The second-order valence-corrected chi connectivity index (χ2v) is 8.69. The van der Waals surface area contributed by atoms with Crippen molar-refractivity contribution < 1.29 is 33.7 Å². The largest absolute Gasteiger partial charge is 0.481 e. The molecule has 0 aliphatic carbocycles. The molecule has 0 aromatic heterocycles. The lowest BCUT2D eigenvalue weighted by Crippen LogP contribution is -2.09. The van der Waals surface area contributed by atoms with E-state index in [0.29, 0.717) is 35.5 Å². The van der Waals surface area contributed by atoms with Gasteiger partial charge < -0.3 is 19.7 Å². The summed E-state index contributed by atoms with van der Waals surface area (Å²) in [6.07, 6.45) is 5.36. The van der Waals surface area contributed by atoms with Gasteiger partial charge in [-0.25, -0.2) is 14.0 Å². The highest BCUT2D eigenvalue weighted by Crippen LogP contribution is 2.27. The molecule has 3 aromatic rings. The van der Waals surface area contributed by atoms with Crippen molar-refractivity contribution in [2.24, 2.45) is 0 Å². The zero-order chi connectivity index (χ0) is 27.3. The van der Waals surface area contributed by atoms with E-state index in [-0.39, 0.29) is 29.3 Å². The van der Waals surface area contributed by atoms with Crippen molar-refractivity contribution in [3.05, 3.63) is 113 Å². The van der Waals surface area contributed by atoms with Crippen LogP contribution in [0.25, 0.3) is 5.57 Å². The molecule has 0 atom stereocenters. The Hall–Kier alpha value is -4.39. The van der Waals surface area contributed by atoms with Gasteiger partial charge in [0.15, 0.2) is 0 Å². The van der Waals surface area contributed by atoms with Gasteiger partial charge in [-0.15, -0.1) is 0 Å². The molecule has 0 fully saturated rings. The van der Waals surface area contributed by atoms with Gasteiger partial charge in [-0.1, -0.05) is 68.7 Å². The molecule has 2 N–H and O–H groups in total. The molecular formula is C31H31FO6. The molecule has 0 bridgehead atoms. The third kappa shape index (κ3) is 8.62. The van der Waals surface area contributed by atoms with Crippen LogP contribution in [-0.2, 0) is 20.9 Å². The maximum atomic E-state index is 13.1. The first-order chi connectivity index (χ1) is 18.4. The standard InChI is InChI=1S/C31H31FO6/c1-2-3-4-6-11-24(30(33)34)20-28(23-9-7-5-8-10-23)29(31(35)36)37-21-22-12-16-26(17-13-22)38-27-18-14-25(32)15-19-27/h5,7-10,12-20H,2-4,6,11,21H2,1H3,(H,33,34)(H,35,36). The predicted molar refractivity (Wildman–Crippen MR) is 143 cm³/mol. The van der Waals surface area contributed by atoms with Gasteiger partial charge in [0.25, 0.3) is 0 Å². The molecular weight excluding hydrogens is 487 g/mol. The van der Waals surface area contributed by atoms with Crippen LogP contribution in [0.5, 0.6) is 11.5 Å². The van der Waals surface area contributed by atoms with Crippen LogP contribution in [0.3, 0.4) is 0 Å². The average Bonchev–Trinajstić information content (AvgIpc) is 2.91. The van der Waals surface area contributed by atoms with Crippen molar-refractivity contribution in [1.82, 2.24) is 0 Å². The van der Waals surface area contributed by atoms with Crippen molar-refractivity contribution in [3.63, 3.8) is 0 Å². The molecule has 0 spiro atoms. The average molecular weight is 519 g/mol. The number of aliphatic carboxylic acids is 2. The molecule has 0 radical (unpaired) electrons. The molecule has 0 saturated carbocycles. The Morgan fingerprint density at radius 3 is 2.03 bits per heavy atom. The number of ether oxygens (including phenoxy) is 2. The minimum Gasteiger partial charge on any atom is -0.481 e. The number of halogens is 1. The summed E-state index contributed by atoms with van der Waals surface area (Å²) in [5.41, 5.74) is 1.55. The minimum absolute atomic E-state index is 0.0540. The molecule has 0 aliphatic heterocycles. The first kappa shape index (κ1) is 28.2. The van der Waals surface area contributed by atoms with Crippen LogP contribution in [0.15, 0.2) is 96.3 Å². The van der Waals surface area contributed by atoms with Gasteiger partial charge >= 0.3 is 11.9 Å². The van der Waals surface area contributed by atoms with Crippen molar-refractivity contribution in [3.8, 4) is 11.5 Å². The van der Waals surface area contributed by atoms with Crippen LogP contribution >= 0.6 is 0 Å². The first-order valence-electron chi connectivity index (χ1n) is 12.5. The summed E-state index contributed by atoms with van der Waals surface area (Å²) >= 11 is 0. The van der Waals surface area contributed by atoms with Gasteiger partial charge in [0.05, 0.1) is 0 Å². The number of carboxylic acid groups (broad SMARTS) is 2. The monoisotopic (exact) mass is 518 g/mol. The highest BCUT2D eigenvalue weighted by Gasteiger charge is 2.19. The van der Waals surface area contributed by atoms with Gasteiger partial charge in [-0.3, -0.25) is 0 Å². The molecule has 0 unspecified atom stereocenters. The van der Waals surface area contributed by atoms with E-state index < -0.39 is 11.9 Å². The van der Waals surface area contributed by atoms with Crippen molar-refractivity contribution >= 4 is 17.5 Å². The van der Waals surface area contributed by atoms with Gasteiger partial charge in [-0.05, 0) is 66.4 Å². The number of unbranched alkanes of at least 4 members (excludes halogenated alkanes) is 3. The fraction of sp³-hybridized carbons (Fsp3) is 0.226. The predicted octanol–water partition coefficient (Wildman–Crippen LogP) is 7.61. The van der Waals surface area contributed by atoms with Crippen LogP contribution in [0.1, 0.15) is 50.2 Å². The summed E-state index contributed by atoms with van der Waals surface area (Å²) in [4.78, 5) is 24.2. The zero-order valence-electron chi connectivity index (χ0n) is 21.2. The Morgan fingerprint density at radius 1 is 0.816 bits per heavy atom. The van der Waals surface area contributed by atoms with Crippen molar-refractivity contribution in [2.75, 3.05) is 0 Å². The van der Waals surface area contributed by atoms with Gasteiger partial charge in [0.1, 0.15) is 23.9 Å². The van der Waals surface area contributed by atoms with Crippen LogP contribution in [0.2, 0.25) is 0 Å². The number of rotatable bonds is 14. The smallest absolute Gasteiger partial charge is 0.371 e. The summed E-state index contributed by atoms with van der Waals surface area (Å²) in [6.45, 7) is 2.02. The number of benzene rings is 3. The van der Waals surface area contributed by atoms with Crippen LogP contribution in [0, 0.1) is 5.82 Å². The summed E-state index contributed by atoms with van der Waals surface area (Å²) in [7, 11) is 0. The second kappa shape index (κ2) is 14.4. The lowest BCUT2D eigenvalue weighted by atomic mass is 9.98. The second-order valence-electron chi connectivity index (χ2n) is 8.69. The Labute approximate surface area is 221 Å². The number of hydrogen-bond acceptors (Lipinski definition) is 4. The maximum absolute atomic E-state index is 13.1. The van der Waals surface area contributed by atoms with Gasteiger partial charge in [-0.2, -0.15) is 0 Å². The van der Waals surface area contributed by atoms with Crippen LogP contribution in [0.4, 0.5) is 4.39 Å². The van der Waals surface area contributed by atoms with Gasteiger partial charge in [0.2, 0.25) is 5.76 Å². The van der Waals surface area contributed by atoms with Crippen molar-refractivity contribution in [2.45, 2.75) is 45.6 Å². The fourth-order valence-corrected chi connectivity index (χ4v) is 3.76. The minimum atomic E-state index is -1.30. The number of carboxylic acids is 2. The molecule has 3 rings (SSSR count). The van der Waals surface area contributed by atoms with E-state index in [1.54, 1.807) is 54.6 Å². The summed E-state index contributed by atoms with van der Waals surface area (Å²) in [6, 6.07) is 21.2. The summed E-state index contributed by atoms with van der Waals surface area (Å²) in [5.74, 6) is -2.08. The topological polar surface area (TPSA) is 93.1 Å². The molecule has 0 amide bonds. The Morgan fingerprint density at radius 2 is 1.45 bits per heavy atom. The number of allylic oxidation sites excluding steroid dienone is 2. The molecule has 0 heterocycles. The Balaban J connectivity index is 1.84. The maximum Gasteiger partial charge on any atom is 0.371 e. The van der Waals surface area contributed by atoms with Crippen molar-refractivity contribution in [1.29, 1.82) is 0 Å². The molecule has 3 aromatic carbocycles. The number of hydrogen-bond donors (Lipinski definition) is 2. The quantitative estimate of drug-likeness (QED) is 0.0987. The summed E-state index contributed by atoms with van der Waals surface area (Å²) in [5, 5.41) is 19.8. The third-order valence-corrected chi connectivity index (χ3v) is 5.77. The lowest BCUT2D eigenvalue weighted by molar-refractivity contribution is -0.137. The molecule has 6 nitrogen and oxygen atoms in total. The van der Waals surface area contributed by atoms with E-state index in [0.717, 1.165) is 19.3 Å². The van der Waals surface area contributed by atoms with Gasteiger partial charge in [0, 0.05) is 11.1 Å². The highest BCUT2D eigenvalue weighted by atomic mass is 19.1. The molecule has 198 valence electrons. The third-order valence-electron chi connectivity index (χ3n) is 5.77. The van der Waals surface area contributed by atoms with E-state index in [9.17, 15) is 24.2 Å². The van der Waals surface area contributed by atoms with E-state index in [2.05, 4.69) is 6.92 Å². The summed E-state index contributed by atoms with van der Waals surface area (Å²) < 4.78 is 24.5. The first-order valence-corrected chi connectivity index (χ1v) is 12.5. The lowest BCUT2D eigenvalue weighted by Gasteiger charge is -2.13. The van der Waals surface area contributed by atoms with E-state index >= 15 is 0 Å². The SMILES string of the molecule is CCCCCCC(=CC(=C(OCc1ccc(Oc2ccc(F)cc2)cc1)C(=O)O)c1ccccc1)C(=O)O. The molecule has 38 heavy (non-hydrogen) atoms. The Kier molecular flexibility index (Phi) is 10.7. The zero-order valence-corrected chi connectivity index (χ0v) is 21.2. The van der Waals surface area contributed by atoms with E-state index in [1.165, 1.54) is 30.3 Å².